The number of hydrogen-bond acceptors (Lipinski definition) is 3. The highest BCUT2D eigenvalue weighted by atomic mass is 16.5. The van der Waals surface area contributed by atoms with Crippen LogP contribution >= 0.6 is 0 Å². The maximum atomic E-state index is 6.31. The highest BCUT2D eigenvalue weighted by Gasteiger charge is 2.40. The molecular formula is C20H20O3. The van der Waals surface area contributed by atoms with E-state index >= 15 is 0 Å². The van der Waals surface area contributed by atoms with E-state index in [1.165, 1.54) is 22.3 Å². The molecule has 0 amide bonds. The summed E-state index contributed by atoms with van der Waals surface area (Å²) in [6.07, 6.45) is 0.937. The predicted octanol–water partition coefficient (Wildman–Crippen LogP) is 4.23. The van der Waals surface area contributed by atoms with Crippen LogP contribution in [0.1, 0.15) is 30.5 Å². The number of hydrogen-bond donors (Lipinski definition) is 0. The lowest BCUT2D eigenvalue weighted by Crippen LogP contribution is -2.34. The van der Waals surface area contributed by atoms with Crippen molar-refractivity contribution in [2.45, 2.75) is 25.9 Å². The molecule has 0 N–H and O–H groups in total. The third kappa shape index (κ3) is 1.96. The average Bonchev–Trinajstić information content (AvgIpc) is 2.94. The molecule has 1 heterocycles. The van der Waals surface area contributed by atoms with Crippen LogP contribution in [0.25, 0.3) is 5.57 Å². The Balaban J connectivity index is 2.00. The Labute approximate surface area is 136 Å². The second-order valence-electron chi connectivity index (χ2n) is 6.50. The van der Waals surface area contributed by atoms with Crippen LogP contribution in [0.15, 0.2) is 42.0 Å². The zero-order chi connectivity index (χ0) is 16.2. The molecule has 0 saturated carbocycles. The lowest BCUT2D eigenvalue weighted by atomic mass is 9.86. The van der Waals surface area contributed by atoms with Gasteiger partial charge in [-0.05, 0) is 48.6 Å². The van der Waals surface area contributed by atoms with Gasteiger partial charge >= 0.3 is 0 Å². The minimum absolute atomic E-state index is 0.332. The maximum Gasteiger partial charge on any atom is 0.164 e. The van der Waals surface area contributed by atoms with Crippen LogP contribution in [0.2, 0.25) is 0 Å². The van der Waals surface area contributed by atoms with Crippen molar-refractivity contribution >= 4 is 5.57 Å². The van der Waals surface area contributed by atoms with E-state index in [0.717, 1.165) is 23.5 Å². The SMILES string of the molecule is COc1cc2c(cc1OC)C1=C(Cc3ccccc31)C(C)(C)O2. The molecule has 0 radical (unpaired) electrons. The van der Waals surface area contributed by atoms with Gasteiger partial charge in [-0.25, -0.2) is 0 Å². The van der Waals surface area contributed by atoms with Crippen molar-refractivity contribution in [2.24, 2.45) is 0 Å². The quantitative estimate of drug-likeness (QED) is 0.831. The summed E-state index contributed by atoms with van der Waals surface area (Å²) in [7, 11) is 3.31. The molecule has 23 heavy (non-hydrogen) atoms. The molecule has 2 aliphatic rings. The zero-order valence-electron chi connectivity index (χ0n) is 13.9. The first-order valence-corrected chi connectivity index (χ1v) is 7.82. The van der Waals surface area contributed by atoms with Crippen LogP contribution in [-0.4, -0.2) is 19.8 Å². The van der Waals surface area contributed by atoms with Gasteiger partial charge in [-0.2, -0.15) is 0 Å². The van der Waals surface area contributed by atoms with Gasteiger partial charge in [0.2, 0.25) is 0 Å². The van der Waals surface area contributed by atoms with Crippen molar-refractivity contribution in [3.8, 4) is 17.2 Å². The molecule has 0 bridgehead atoms. The minimum atomic E-state index is -0.332. The molecule has 3 heteroatoms. The summed E-state index contributed by atoms with van der Waals surface area (Å²) in [5, 5.41) is 0. The number of methoxy groups -OCH3 is 2. The fourth-order valence-corrected chi connectivity index (χ4v) is 3.66. The fourth-order valence-electron chi connectivity index (χ4n) is 3.66. The molecule has 1 aliphatic carbocycles. The smallest absolute Gasteiger partial charge is 0.164 e. The standard InChI is InChI=1S/C20H20O3/c1-20(2)15-9-12-7-5-6-8-13(12)19(15)14-10-17(21-3)18(22-4)11-16(14)23-20/h5-8,10-11H,9H2,1-4H3. The molecule has 0 fully saturated rings. The lowest BCUT2D eigenvalue weighted by molar-refractivity contribution is 0.142. The van der Waals surface area contributed by atoms with E-state index in [-0.39, 0.29) is 5.60 Å². The van der Waals surface area contributed by atoms with E-state index in [4.69, 9.17) is 14.2 Å². The third-order valence-corrected chi connectivity index (χ3v) is 4.80. The molecule has 0 spiro atoms. The second-order valence-corrected chi connectivity index (χ2v) is 6.50. The van der Waals surface area contributed by atoms with Crippen LogP contribution in [-0.2, 0) is 6.42 Å². The second kappa shape index (κ2) is 4.79. The summed E-state index contributed by atoms with van der Waals surface area (Å²) >= 11 is 0. The van der Waals surface area contributed by atoms with E-state index in [0.29, 0.717) is 5.75 Å². The van der Waals surface area contributed by atoms with Gasteiger partial charge in [0, 0.05) is 11.6 Å². The van der Waals surface area contributed by atoms with Crippen molar-refractivity contribution in [2.75, 3.05) is 14.2 Å². The average molecular weight is 308 g/mol. The summed E-state index contributed by atoms with van der Waals surface area (Å²) in [5.41, 5.74) is 6.03. The molecule has 3 nitrogen and oxygen atoms in total. The van der Waals surface area contributed by atoms with Gasteiger partial charge in [-0.1, -0.05) is 24.3 Å². The highest BCUT2D eigenvalue weighted by Crippen LogP contribution is 2.51. The maximum absolute atomic E-state index is 6.31. The number of benzene rings is 2. The topological polar surface area (TPSA) is 27.7 Å². The summed E-state index contributed by atoms with van der Waals surface area (Å²) in [6, 6.07) is 12.5. The largest absolute Gasteiger partial charge is 0.493 e. The monoisotopic (exact) mass is 308 g/mol. The predicted molar refractivity (Wildman–Crippen MR) is 90.4 cm³/mol. The molecular weight excluding hydrogens is 288 g/mol. The number of fused-ring (bicyclic) bond motifs is 4. The fraction of sp³-hybridized carbons (Fsp3) is 0.300. The Bertz CT molecular complexity index is 831. The summed E-state index contributed by atoms with van der Waals surface area (Å²) in [6.45, 7) is 4.27. The summed E-state index contributed by atoms with van der Waals surface area (Å²) in [4.78, 5) is 0. The Morgan fingerprint density at radius 1 is 0.957 bits per heavy atom. The van der Waals surface area contributed by atoms with E-state index < -0.39 is 0 Å². The van der Waals surface area contributed by atoms with Gasteiger partial charge in [0.15, 0.2) is 11.5 Å². The van der Waals surface area contributed by atoms with E-state index in [1.54, 1.807) is 14.2 Å². The molecule has 0 aromatic heterocycles. The van der Waals surface area contributed by atoms with Crippen LogP contribution in [0.3, 0.4) is 0 Å². The van der Waals surface area contributed by atoms with Gasteiger partial charge in [0.1, 0.15) is 11.4 Å². The van der Waals surface area contributed by atoms with Gasteiger partial charge in [-0.3, -0.25) is 0 Å². The Morgan fingerprint density at radius 2 is 1.65 bits per heavy atom. The van der Waals surface area contributed by atoms with Gasteiger partial charge in [-0.15, -0.1) is 0 Å². The first kappa shape index (κ1) is 14.2. The molecule has 0 saturated heterocycles. The third-order valence-electron chi connectivity index (χ3n) is 4.80. The normalized spacial score (nSPS) is 17.0. The van der Waals surface area contributed by atoms with Gasteiger partial charge in [0.05, 0.1) is 14.2 Å². The molecule has 4 rings (SSSR count). The van der Waals surface area contributed by atoms with Gasteiger partial charge in [0.25, 0.3) is 0 Å². The van der Waals surface area contributed by atoms with E-state index in [1.807, 2.05) is 12.1 Å². The first-order chi connectivity index (χ1) is 11.0. The van der Waals surface area contributed by atoms with E-state index in [9.17, 15) is 0 Å². The van der Waals surface area contributed by atoms with Crippen LogP contribution in [0, 0.1) is 0 Å². The van der Waals surface area contributed by atoms with Crippen molar-refractivity contribution in [3.63, 3.8) is 0 Å². The number of rotatable bonds is 2. The molecule has 2 aromatic carbocycles. The number of ether oxygens (including phenoxy) is 3. The lowest BCUT2D eigenvalue weighted by Gasteiger charge is -2.35. The molecule has 0 unspecified atom stereocenters. The first-order valence-electron chi connectivity index (χ1n) is 7.82. The Hall–Kier alpha value is -2.42. The molecule has 2 aromatic rings. The van der Waals surface area contributed by atoms with Crippen molar-refractivity contribution in [1.82, 2.24) is 0 Å². The Morgan fingerprint density at radius 3 is 2.39 bits per heavy atom. The summed E-state index contributed by atoms with van der Waals surface area (Å²) < 4.78 is 17.2. The molecule has 0 atom stereocenters. The zero-order valence-corrected chi connectivity index (χ0v) is 13.9. The summed E-state index contributed by atoms with van der Waals surface area (Å²) in [5.74, 6) is 2.27. The van der Waals surface area contributed by atoms with Crippen molar-refractivity contribution in [3.05, 3.63) is 58.7 Å². The van der Waals surface area contributed by atoms with Crippen LogP contribution in [0.5, 0.6) is 17.2 Å². The molecule has 1 aliphatic heterocycles. The van der Waals surface area contributed by atoms with E-state index in [2.05, 4.69) is 38.1 Å². The van der Waals surface area contributed by atoms with Crippen molar-refractivity contribution in [1.29, 1.82) is 0 Å². The van der Waals surface area contributed by atoms with Crippen molar-refractivity contribution < 1.29 is 14.2 Å². The van der Waals surface area contributed by atoms with Crippen LogP contribution < -0.4 is 14.2 Å². The highest BCUT2D eigenvalue weighted by molar-refractivity contribution is 5.92. The van der Waals surface area contributed by atoms with Gasteiger partial charge < -0.3 is 14.2 Å². The Kier molecular flexibility index (Phi) is 2.95. The molecule has 118 valence electrons. The minimum Gasteiger partial charge on any atom is -0.493 e. The van der Waals surface area contributed by atoms with Crippen LogP contribution in [0.4, 0.5) is 0 Å².